The van der Waals surface area contributed by atoms with Gasteiger partial charge in [-0.25, -0.2) is 9.07 Å². The Labute approximate surface area is 248 Å². The zero-order chi connectivity index (χ0) is 29.6. The van der Waals surface area contributed by atoms with Crippen molar-refractivity contribution in [2.45, 2.75) is 19.1 Å². The van der Waals surface area contributed by atoms with Gasteiger partial charge in [0.2, 0.25) is 5.91 Å². The van der Waals surface area contributed by atoms with Gasteiger partial charge in [-0.3, -0.25) is 9.59 Å². The maximum Gasteiger partial charge on any atom is 0.251 e. The van der Waals surface area contributed by atoms with Crippen molar-refractivity contribution in [2.75, 3.05) is 36.5 Å². The van der Waals surface area contributed by atoms with Crippen molar-refractivity contribution in [1.29, 1.82) is 0 Å². The number of nitrogens with zero attached hydrogens (tertiary/aromatic N) is 5. The van der Waals surface area contributed by atoms with Crippen LogP contribution in [0.5, 0.6) is 0 Å². The van der Waals surface area contributed by atoms with Crippen LogP contribution in [0.2, 0.25) is 0 Å². The number of benzene rings is 4. The lowest BCUT2D eigenvalue weighted by Gasteiger charge is -2.32. The predicted molar refractivity (Wildman–Crippen MR) is 162 cm³/mol. The highest BCUT2D eigenvalue weighted by molar-refractivity contribution is 5.98. The van der Waals surface area contributed by atoms with Crippen molar-refractivity contribution >= 4 is 34.2 Å². The molecule has 1 aromatic heterocycles. The van der Waals surface area contributed by atoms with E-state index in [1.807, 2.05) is 78.9 Å². The fourth-order valence-electron chi connectivity index (χ4n) is 5.26. The van der Waals surface area contributed by atoms with Gasteiger partial charge < -0.3 is 19.9 Å². The van der Waals surface area contributed by atoms with E-state index in [4.69, 9.17) is 4.74 Å². The zero-order valence-electron chi connectivity index (χ0n) is 23.5. The molecule has 1 saturated heterocycles. The SMILES string of the molecule is O=C(Nc1ccc(N2CCOCC2)cc1)[C@@H](c1ccccc1)N(Cc1ccc(F)cc1)C(=O)Cn1nnc2ccccc21. The molecular weight excluding hydrogens is 547 g/mol. The molecule has 6 rings (SSSR count). The lowest BCUT2D eigenvalue weighted by atomic mass is 10.0. The number of morpholine rings is 1. The highest BCUT2D eigenvalue weighted by Gasteiger charge is 2.32. The molecule has 0 aliphatic carbocycles. The number of carbonyl (C=O) groups is 2. The highest BCUT2D eigenvalue weighted by Crippen LogP contribution is 2.27. The molecule has 1 aliphatic rings. The summed E-state index contributed by atoms with van der Waals surface area (Å²) in [5.41, 5.74) is 4.36. The van der Waals surface area contributed by atoms with Crippen LogP contribution in [0.15, 0.2) is 103 Å². The minimum absolute atomic E-state index is 0.0781. The van der Waals surface area contributed by atoms with Crippen LogP contribution < -0.4 is 10.2 Å². The Bertz CT molecular complexity index is 1690. The molecule has 0 radical (unpaired) electrons. The monoisotopic (exact) mass is 578 g/mol. The number of carbonyl (C=O) groups excluding carboxylic acids is 2. The molecule has 2 amide bonds. The summed E-state index contributed by atoms with van der Waals surface area (Å²) in [4.78, 5) is 31.9. The van der Waals surface area contributed by atoms with Gasteiger partial charge in [0.15, 0.2) is 0 Å². The normalized spacial score (nSPS) is 13.9. The molecule has 0 unspecified atom stereocenters. The molecular formula is C33H31FN6O3. The van der Waals surface area contributed by atoms with E-state index in [2.05, 4.69) is 20.5 Å². The van der Waals surface area contributed by atoms with Crippen LogP contribution in [0.1, 0.15) is 17.2 Å². The number of para-hydroxylation sites is 1. The first-order chi connectivity index (χ1) is 21.0. The molecule has 0 spiro atoms. The van der Waals surface area contributed by atoms with Crippen LogP contribution in [0.4, 0.5) is 15.8 Å². The van der Waals surface area contributed by atoms with Crippen LogP contribution in [0.25, 0.3) is 11.0 Å². The van der Waals surface area contributed by atoms with Gasteiger partial charge in [0.05, 0.1) is 18.7 Å². The number of aromatic nitrogens is 3. The fourth-order valence-corrected chi connectivity index (χ4v) is 5.26. The maximum absolute atomic E-state index is 14.1. The minimum atomic E-state index is -0.979. The Hall–Kier alpha value is -5.09. The van der Waals surface area contributed by atoms with Crippen LogP contribution in [-0.2, 0) is 27.4 Å². The number of amides is 2. The van der Waals surface area contributed by atoms with Crippen molar-refractivity contribution in [2.24, 2.45) is 0 Å². The molecule has 218 valence electrons. The van der Waals surface area contributed by atoms with Gasteiger partial charge >= 0.3 is 0 Å². The molecule has 4 aromatic carbocycles. The molecule has 0 bridgehead atoms. The molecule has 5 aromatic rings. The standard InChI is InChI=1S/C33H31FN6O3/c34-26-12-10-24(11-13-26)22-39(31(41)23-40-30-9-5-4-8-29(30)36-37-40)32(25-6-2-1-3-7-25)33(42)35-27-14-16-28(17-15-27)38-18-20-43-21-19-38/h1-17,32H,18-23H2,(H,35,42)/t32-/m1/s1. The summed E-state index contributed by atoms with van der Waals surface area (Å²) in [6.45, 7) is 2.92. The molecule has 1 N–H and O–H groups in total. The van der Waals surface area contributed by atoms with Gasteiger partial charge in [-0.15, -0.1) is 5.10 Å². The van der Waals surface area contributed by atoms with Gasteiger partial charge in [-0.2, -0.15) is 0 Å². The smallest absolute Gasteiger partial charge is 0.251 e. The number of halogens is 1. The molecule has 1 atom stereocenters. The Kier molecular flexibility index (Phi) is 8.37. The van der Waals surface area contributed by atoms with Gasteiger partial charge in [-0.1, -0.05) is 59.8 Å². The highest BCUT2D eigenvalue weighted by atomic mass is 19.1. The summed E-state index contributed by atoms with van der Waals surface area (Å²) in [5, 5.41) is 11.4. The van der Waals surface area contributed by atoms with Gasteiger partial charge in [0, 0.05) is 31.0 Å². The summed E-state index contributed by atoms with van der Waals surface area (Å²) < 4.78 is 20.7. The molecule has 0 saturated carbocycles. The number of ether oxygens (including phenoxy) is 1. The van der Waals surface area contributed by atoms with Crippen LogP contribution in [0.3, 0.4) is 0 Å². The largest absolute Gasteiger partial charge is 0.378 e. The molecule has 10 heteroatoms. The number of nitrogens with one attached hydrogen (secondary N) is 1. The van der Waals surface area contributed by atoms with E-state index >= 15 is 0 Å². The average molecular weight is 579 g/mol. The lowest BCUT2D eigenvalue weighted by molar-refractivity contribution is -0.140. The number of hydrogen-bond donors (Lipinski definition) is 1. The first kappa shape index (κ1) is 28.0. The summed E-state index contributed by atoms with van der Waals surface area (Å²) >= 11 is 0. The van der Waals surface area contributed by atoms with E-state index in [1.165, 1.54) is 21.7 Å². The van der Waals surface area contributed by atoms with E-state index in [9.17, 15) is 14.0 Å². The average Bonchev–Trinajstić information content (AvgIpc) is 3.45. The fraction of sp³-hybridized carbons (Fsp3) is 0.212. The second-order valence-corrected chi connectivity index (χ2v) is 10.3. The Morgan fingerprint density at radius 1 is 0.884 bits per heavy atom. The van der Waals surface area contributed by atoms with Crippen LogP contribution in [-0.4, -0.2) is 58.0 Å². The molecule has 1 fully saturated rings. The molecule has 1 aliphatic heterocycles. The van der Waals surface area contributed by atoms with Crippen molar-refractivity contribution in [3.63, 3.8) is 0 Å². The lowest BCUT2D eigenvalue weighted by Crippen LogP contribution is -2.42. The van der Waals surface area contributed by atoms with Crippen molar-refractivity contribution < 1.29 is 18.7 Å². The quantitative estimate of drug-likeness (QED) is 0.270. The zero-order valence-corrected chi connectivity index (χ0v) is 23.5. The summed E-state index contributed by atoms with van der Waals surface area (Å²) in [5.74, 6) is -1.09. The number of hydrogen-bond acceptors (Lipinski definition) is 6. The second-order valence-electron chi connectivity index (χ2n) is 10.3. The van der Waals surface area contributed by atoms with Gasteiger partial charge in [0.1, 0.15) is 23.9 Å². The Morgan fingerprint density at radius 3 is 2.33 bits per heavy atom. The molecule has 2 heterocycles. The Balaban J connectivity index is 1.31. The van der Waals surface area contributed by atoms with E-state index < -0.39 is 6.04 Å². The summed E-state index contributed by atoms with van der Waals surface area (Å²) in [6, 6.07) is 29.1. The summed E-state index contributed by atoms with van der Waals surface area (Å²) in [6.07, 6.45) is 0. The third kappa shape index (κ3) is 6.54. The van der Waals surface area contributed by atoms with E-state index in [0.717, 1.165) is 18.8 Å². The Morgan fingerprint density at radius 2 is 1.58 bits per heavy atom. The third-order valence-corrected chi connectivity index (χ3v) is 7.48. The second kappa shape index (κ2) is 12.8. The number of fused-ring (bicyclic) bond motifs is 1. The molecule has 9 nitrogen and oxygen atoms in total. The topological polar surface area (TPSA) is 92.6 Å². The molecule has 43 heavy (non-hydrogen) atoms. The van der Waals surface area contributed by atoms with Crippen molar-refractivity contribution in [3.05, 3.63) is 120 Å². The maximum atomic E-state index is 14.1. The number of anilines is 2. The van der Waals surface area contributed by atoms with E-state index in [-0.39, 0.29) is 30.7 Å². The van der Waals surface area contributed by atoms with Crippen molar-refractivity contribution in [1.82, 2.24) is 19.9 Å². The van der Waals surface area contributed by atoms with Gasteiger partial charge in [-0.05, 0) is 59.7 Å². The van der Waals surface area contributed by atoms with Crippen LogP contribution >= 0.6 is 0 Å². The van der Waals surface area contributed by atoms with E-state index in [0.29, 0.717) is 41.1 Å². The minimum Gasteiger partial charge on any atom is -0.378 e. The van der Waals surface area contributed by atoms with E-state index in [1.54, 1.807) is 12.1 Å². The third-order valence-electron chi connectivity index (χ3n) is 7.48. The van der Waals surface area contributed by atoms with Crippen molar-refractivity contribution in [3.8, 4) is 0 Å². The predicted octanol–water partition coefficient (Wildman–Crippen LogP) is 4.82. The first-order valence-electron chi connectivity index (χ1n) is 14.2. The van der Waals surface area contributed by atoms with Gasteiger partial charge in [0.25, 0.3) is 5.91 Å². The first-order valence-corrected chi connectivity index (χ1v) is 14.2. The van der Waals surface area contributed by atoms with Crippen LogP contribution in [0, 0.1) is 5.82 Å². The summed E-state index contributed by atoms with van der Waals surface area (Å²) in [7, 11) is 0. The number of rotatable bonds is 9.